The Kier molecular flexibility index (Phi) is 7.63. The molecule has 0 aromatic heterocycles. The van der Waals surface area contributed by atoms with Gasteiger partial charge in [0.1, 0.15) is 17.8 Å². The number of hydrogen-bond acceptors (Lipinski definition) is 4. The van der Waals surface area contributed by atoms with E-state index >= 15 is 0 Å². The normalized spacial score (nSPS) is 27.6. The molecule has 1 aliphatic rings. The summed E-state index contributed by atoms with van der Waals surface area (Å²) in [6.07, 6.45) is 1.51. The average Bonchev–Trinajstić information content (AvgIpc) is 2.74. The van der Waals surface area contributed by atoms with E-state index < -0.39 is 11.7 Å². The number of hydrogen-bond donors (Lipinski definition) is 1. The summed E-state index contributed by atoms with van der Waals surface area (Å²) in [5, 5.41) is 11.5. The number of aliphatic hydroxyl groups is 1. The fraction of sp³-hybridized carbons (Fsp3) is 0.500. The van der Waals surface area contributed by atoms with Gasteiger partial charge in [0.05, 0.1) is 25.9 Å². The van der Waals surface area contributed by atoms with Crippen molar-refractivity contribution in [3.05, 3.63) is 71.8 Å². The lowest BCUT2D eigenvalue weighted by Gasteiger charge is -2.47. The summed E-state index contributed by atoms with van der Waals surface area (Å²) in [6.45, 7) is 5.39. The first kappa shape index (κ1) is 21.0. The highest BCUT2D eigenvalue weighted by atomic mass is 16.6. The fourth-order valence-electron chi connectivity index (χ4n) is 3.75. The van der Waals surface area contributed by atoms with Crippen molar-refractivity contribution in [1.82, 2.24) is 0 Å². The molecule has 28 heavy (non-hydrogen) atoms. The SMILES string of the molecule is CCCC[C@@]1(O)C(C)OCC(OCc2ccccc2)[C@H]1OCc1ccccc1. The average molecular weight is 385 g/mol. The molecule has 4 atom stereocenters. The lowest BCUT2D eigenvalue weighted by molar-refractivity contribution is -0.267. The van der Waals surface area contributed by atoms with Crippen molar-refractivity contribution < 1.29 is 19.3 Å². The molecule has 0 spiro atoms. The molecule has 2 unspecified atom stereocenters. The van der Waals surface area contributed by atoms with Crippen LogP contribution in [-0.4, -0.2) is 35.6 Å². The van der Waals surface area contributed by atoms with Crippen LogP contribution in [0.1, 0.15) is 44.2 Å². The molecule has 0 radical (unpaired) electrons. The van der Waals surface area contributed by atoms with Crippen LogP contribution in [0.5, 0.6) is 0 Å². The number of benzene rings is 2. The zero-order valence-corrected chi connectivity index (χ0v) is 16.9. The van der Waals surface area contributed by atoms with Crippen LogP contribution in [0.2, 0.25) is 0 Å². The highest BCUT2D eigenvalue weighted by Crippen LogP contribution is 2.35. The van der Waals surface area contributed by atoms with E-state index in [0.29, 0.717) is 26.2 Å². The number of ether oxygens (including phenoxy) is 3. The van der Waals surface area contributed by atoms with Crippen molar-refractivity contribution in [3.63, 3.8) is 0 Å². The number of unbranched alkanes of at least 4 members (excludes halogenated alkanes) is 1. The molecule has 0 aliphatic carbocycles. The summed E-state index contributed by atoms with van der Waals surface area (Å²) >= 11 is 0. The molecule has 1 fully saturated rings. The zero-order chi connectivity index (χ0) is 19.8. The van der Waals surface area contributed by atoms with E-state index in [0.717, 1.165) is 24.0 Å². The number of rotatable bonds is 9. The van der Waals surface area contributed by atoms with Crippen molar-refractivity contribution >= 4 is 0 Å². The maximum Gasteiger partial charge on any atom is 0.119 e. The maximum atomic E-state index is 11.5. The van der Waals surface area contributed by atoms with Crippen molar-refractivity contribution in [2.75, 3.05) is 6.61 Å². The largest absolute Gasteiger partial charge is 0.384 e. The molecule has 0 bridgehead atoms. The Morgan fingerprint density at radius 2 is 1.54 bits per heavy atom. The van der Waals surface area contributed by atoms with Crippen LogP contribution in [-0.2, 0) is 27.4 Å². The summed E-state index contributed by atoms with van der Waals surface area (Å²) < 4.78 is 18.4. The van der Waals surface area contributed by atoms with E-state index in [1.807, 2.05) is 67.6 Å². The van der Waals surface area contributed by atoms with Crippen LogP contribution >= 0.6 is 0 Å². The molecule has 1 N–H and O–H groups in total. The van der Waals surface area contributed by atoms with Gasteiger partial charge < -0.3 is 19.3 Å². The molecular formula is C24H32O4. The highest BCUT2D eigenvalue weighted by Gasteiger charge is 2.51. The van der Waals surface area contributed by atoms with Gasteiger partial charge in [-0.2, -0.15) is 0 Å². The molecule has 1 saturated heterocycles. The predicted octanol–water partition coefficient (Wildman–Crippen LogP) is 4.50. The van der Waals surface area contributed by atoms with E-state index in [1.165, 1.54) is 0 Å². The first-order valence-electron chi connectivity index (χ1n) is 10.3. The van der Waals surface area contributed by atoms with Gasteiger partial charge in [0.25, 0.3) is 0 Å². The molecule has 3 rings (SSSR count). The third-order valence-electron chi connectivity index (χ3n) is 5.55. The lowest BCUT2D eigenvalue weighted by Crippen LogP contribution is -2.63. The Hall–Kier alpha value is -1.72. The molecule has 4 heteroatoms. The summed E-state index contributed by atoms with van der Waals surface area (Å²) in [4.78, 5) is 0. The molecule has 152 valence electrons. The van der Waals surface area contributed by atoms with Gasteiger partial charge in [-0.15, -0.1) is 0 Å². The Labute approximate surface area is 168 Å². The van der Waals surface area contributed by atoms with E-state index in [1.54, 1.807) is 0 Å². The minimum absolute atomic E-state index is 0.295. The topological polar surface area (TPSA) is 47.9 Å². The second kappa shape index (κ2) is 10.2. The van der Waals surface area contributed by atoms with Gasteiger partial charge in [-0.05, 0) is 24.5 Å². The third kappa shape index (κ3) is 5.21. The molecule has 1 heterocycles. The van der Waals surface area contributed by atoms with Gasteiger partial charge in [0.15, 0.2) is 0 Å². The second-order valence-corrected chi connectivity index (χ2v) is 7.62. The minimum Gasteiger partial charge on any atom is -0.384 e. The quantitative estimate of drug-likeness (QED) is 0.692. The monoisotopic (exact) mass is 384 g/mol. The fourth-order valence-corrected chi connectivity index (χ4v) is 3.75. The van der Waals surface area contributed by atoms with Gasteiger partial charge in [0, 0.05) is 0 Å². The van der Waals surface area contributed by atoms with Gasteiger partial charge in [-0.1, -0.05) is 80.4 Å². The minimum atomic E-state index is -1.07. The van der Waals surface area contributed by atoms with Crippen LogP contribution in [0.25, 0.3) is 0 Å². The Bertz CT molecular complexity index is 690. The van der Waals surface area contributed by atoms with Crippen LogP contribution in [0.4, 0.5) is 0 Å². The van der Waals surface area contributed by atoms with Crippen LogP contribution < -0.4 is 0 Å². The van der Waals surface area contributed by atoms with E-state index in [-0.39, 0.29) is 12.2 Å². The Morgan fingerprint density at radius 3 is 2.11 bits per heavy atom. The smallest absolute Gasteiger partial charge is 0.119 e. The van der Waals surface area contributed by atoms with Gasteiger partial charge in [-0.25, -0.2) is 0 Å². The second-order valence-electron chi connectivity index (χ2n) is 7.62. The van der Waals surface area contributed by atoms with E-state index in [4.69, 9.17) is 14.2 Å². The van der Waals surface area contributed by atoms with Crippen molar-refractivity contribution in [1.29, 1.82) is 0 Å². The Morgan fingerprint density at radius 1 is 0.964 bits per heavy atom. The van der Waals surface area contributed by atoms with Gasteiger partial charge in [0.2, 0.25) is 0 Å². The summed E-state index contributed by atoms with van der Waals surface area (Å²) in [5.41, 5.74) is 1.12. The van der Waals surface area contributed by atoms with Crippen molar-refractivity contribution in [2.24, 2.45) is 0 Å². The van der Waals surface area contributed by atoms with E-state index in [9.17, 15) is 5.11 Å². The van der Waals surface area contributed by atoms with Crippen molar-refractivity contribution in [2.45, 2.75) is 70.2 Å². The molecule has 0 amide bonds. The third-order valence-corrected chi connectivity index (χ3v) is 5.55. The van der Waals surface area contributed by atoms with Crippen LogP contribution in [0, 0.1) is 0 Å². The van der Waals surface area contributed by atoms with Crippen molar-refractivity contribution in [3.8, 4) is 0 Å². The molecule has 0 saturated carbocycles. The first-order valence-corrected chi connectivity index (χ1v) is 10.3. The lowest BCUT2D eigenvalue weighted by atomic mass is 9.81. The highest BCUT2D eigenvalue weighted by molar-refractivity contribution is 5.15. The molecule has 2 aromatic rings. The summed E-state index contributed by atoms with van der Waals surface area (Å²) in [7, 11) is 0. The Balaban J connectivity index is 1.74. The molecular weight excluding hydrogens is 352 g/mol. The first-order chi connectivity index (χ1) is 13.6. The standard InChI is InChI=1S/C24H32O4/c1-3-4-15-24(25)19(2)26-18-22(27-16-20-11-7-5-8-12-20)23(24)28-17-21-13-9-6-10-14-21/h5-14,19,22-23,25H,3-4,15-18H2,1-2H3/t19?,22?,23-,24-/m1/s1. The van der Waals surface area contributed by atoms with Crippen LogP contribution in [0.15, 0.2) is 60.7 Å². The molecule has 4 nitrogen and oxygen atoms in total. The predicted molar refractivity (Wildman–Crippen MR) is 110 cm³/mol. The maximum absolute atomic E-state index is 11.5. The summed E-state index contributed by atoms with van der Waals surface area (Å²) in [6, 6.07) is 20.1. The van der Waals surface area contributed by atoms with Gasteiger partial charge in [-0.3, -0.25) is 0 Å². The zero-order valence-electron chi connectivity index (χ0n) is 16.9. The summed E-state index contributed by atoms with van der Waals surface area (Å²) in [5.74, 6) is 0. The van der Waals surface area contributed by atoms with E-state index in [2.05, 4.69) is 6.92 Å². The molecule has 1 aliphatic heterocycles. The van der Waals surface area contributed by atoms with Gasteiger partial charge >= 0.3 is 0 Å². The van der Waals surface area contributed by atoms with Crippen LogP contribution in [0.3, 0.4) is 0 Å². The molecule has 2 aromatic carbocycles.